The van der Waals surface area contributed by atoms with Gasteiger partial charge in [-0.2, -0.15) is 0 Å². The Labute approximate surface area is 77.8 Å². The lowest BCUT2D eigenvalue weighted by molar-refractivity contribution is 0.182. The molecule has 1 radical (unpaired) electrons. The van der Waals surface area contributed by atoms with Crippen molar-refractivity contribution in [3.05, 3.63) is 48.6 Å². The lowest BCUT2D eigenvalue weighted by Gasteiger charge is -2.11. The van der Waals surface area contributed by atoms with Crippen LogP contribution < -0.4 is 0 Å². The van der Waals surface area contributed by atoms with Crippen molar-refractivity contribution in [3.63, 3.8) is 0 Å². The van der Waals surface area contributed by atoms with Crippen LogP contribution in [0.3, 0.4) is 0 Å². The van der Waals surface area contributed by atoms with Crippen LogP contribution in [0.15, 0.2) is 43.0 Å². The van der Waals surface area contributed by atoms with Gasteiger partial charge in [-0.05, 0) is 5.56 Å². The van der Waals surface area contributed by atoms with Gasteiger partial charge in [-0.25, -0.2) is 4.79 Å². The SMILES string of the molecule is C=CCC(O[C]=O)c1ccccc1. The first-order chi connectivity index (χ1) is 6.38. The van der Waals surface area contributed by atoms with Crippen LogP contribution in [0.4, 0.5) is 0 Å². The zero-order chi connectivity index (χ0) is 9.52. The van der Waals surface area contributed by atoms with Gasteiger partial charge < -0.3 is 4.74 Å². The minimum Gasteiger partial charge on any atom is -0.449 e. The van der Waals surface area contributed by atoms with Crippen molar-refractivity contribution < 1.29 is 9.53 Å². The van der Waals surface area contributed by atoms with Gasteiger partial charge in [0, 0.05) is 6.42 Å². The van der Waals surface area contributed by atoms with E-state index < -0.39 is 0 Å². The van der Waals surface area contributed by atoms with Crippen LogP contribution in [-0.4, -0.2) is 6.47 Å². The van der Waals surface area contributed by atoms with E-state index in [4.69, 9.17) is 4.74 Å². The minimum atomic E-state index is -0.254. The van der Waals surface area contributed by atoms with E-state index in [1.165, 1.54) is 6.47 Å². The topological polar surface area (TPSA) is 26.3 Å². The molecule has 13 heavy (non-hydrogen) atoms. The summed E-state index contributed by atoms with van der Waals surface area (Å²) < 4.78 is 4.79. The van der Waals surface area contributed by atoms with E-state index in [1.807, 2.05) is 30.3 Å². The van der Waals surface area contributed by atoms with Gasteiger partial charge in [0.05, 0.1) is 0 Å². The summed E-state index contributed by atoms with van der Waals surface area (Å²) in [6.45, 7) is 5.05. The zero-order valence-electron chi connectivity index (χ0n) is 7.27. The van der Waals surface area contributed by atoms with Gasteiger partial charge in [0.1, 0.15) is 6.10 Å². The third-order valence-electron chi connectivity index (χ3n) is 1.74. The number of ether oxygens (including phenoxy) is 1. The van der Waals surface area contributed by atoms with Crippen molar-refractivity contribution in [1.82, 2.24) is 0 Å². The van der Waals surface area contributed by atoms with Crippen molar-refractivity contribution in [2.75, 3.05) is 0 Å². The van der Waals surface area contributed by atoms with Crippen molar-refractivity contribution >= 4 is 6.47 Å². The van der Waals surface area contributed by atoms with Crippen LogP contribution in [0.1, 0.15) is 18.1 Å². The Kier molecular flexibility index (Phi) is 3.76. The summed E-state index contributed by atoms with van der Waals surface area (Å²) in [5.74, 6) is 0. The predicted octanol–water partition coefficient (Wildman–Crippen LogP) is 2.39. The van der Waals surface area contributed by atoms with E-state index in [9.17, 15) is 4.79 Å². The van der Waals surface area contributed by atoms with E-state index >= 15 is 0 Å². The summed E-state index contributed by atoms with van der Waals surface area (Å²) in [6, 6.07) is 9.54. The molecule has 0 aliphatic carbocycles. The van der Waals surface area contributed by atoms with Crippen LogP contribution in [0.25, 0.3) is 0 Å². The molecule has 1 aromatic carbocycles. The first kappa shape index (κ1) is 9.52. The van der Waals surface area contributed by atoms with Gasteiger partial charge in [-0.15, -0.1) is 6.58 Å². The fraction of sp³-hybridized carbons (Fsp3) is 0.182. The Hall–Kier alpha value is -1.57. The molecule has 0 amide bonds. The zero-order valence-corrected chi connectivity index (χ0v) is 7.27. The molecule has 0 aromatic heterocycles. The predicted molar refractivity (Wildman–Crippen MR) is 50.8 cm³/mol. The summed E-state index contributed by atoms with van der Waals surface area (Å²) in [4.78, 5) is 10.1. The number of carbonyl (C=O) groups excluding carboxylic acids is 1. The lowest BCUT2D eigenvalue weighted by atomic mass is 10.1. The third-order valence-corrected chi connectivity index (χ3v) is 1.74. The van der Waals surface area contributed by atoms with Crippen molar-refractivity contribution in [3.8, 4) is 0 Å². The second-order valence-corrected chi connectivity index (χ2v) is 2.62. The molecule has 1 aromatic rings. The van der Waals surface area contributed by atoms with Crippen molar-refractivity contribution in [2.45, 2.75) is 12.5 Å². The second-order valence-electron chi connectivity index (χ2n) is 2.62. The van der Waals surface area contributed by atoms with Crippen LogP contribution >= 0.6 is 0 Å². The largest absolute Gasteiger partial charge is 0.449 e. The quantitative estimate of drug-likeness (QED) is 0.642. The molecule has 2 heteroatoms. The van der Waals surface area contributed by atoms with Crippen molar-refractivity contribution in [1.29, 1.82) is 0 Å². The maximum atomic E-state index is 10.1. The third kappa shape index (κ3) is 2.75. The average Bonchev–Trinajstić information content (AvgIpc) is 2.19. The Balaban J connectivity index is 2.75. The number of hydrogen-bond donors (Lipinski definition) is 0. The molecule has 67 valence electrons. The molecule has 1 unspecified atom stereocenters. The Morgan fingerprint density at radius 1 is 1.46 bits per heavy atom. The fourth-order valence-electron chi connectivity index (χ4n) is 1.13. The molecular formula is C11H11O2. The standard InChI is InChI=1S/C11H11O2/c1-2-6-11(13-9-12)10-7-4-3-5-8-10/h2-5,7-8,11H,1,6H2. The summed E-state index contributed by atoms with van der Waals surface area (Å²) in [7, 11) is 0. The molecule has 0 aliphatic rings. The average molecular weight is 175 g/mol. The fourth-order valence-corrected chi connectivity index (χ4v) is 1.13. The normalized spacial score (nSPS) is 11.7. The summed E-state index contributed by atoms with van der Waals surface area (Å²) in [5, 5.41) is 0. The number of hydrogen-bond acceptors (Lipinski definition) is 2. The van der Waals surface area contributed by atoms with E-state index in [1.54, 1.807) is 6.08 Å². The highest BCUT2D eigenvalue weighted by Gasteiger charge is 2.09. The van der Waals surface area contributed by atoms with Crippen LogP contribution in [0.2, 0.25) is 0 Å². The molecule has 0 saturated carbocycles. The van der Waals surface area contributed by atoms with Gasteiger partial charge in [-0.3, -0.25) is 0 Å². The Morgan fingerprint density at radius 3 is 2.69 bits per heavy atom. The molecule has 0 bridgehead atoms. The molecule has 1 atom stereocenters. The van der Waals surface area contributed by atoms with Crippen LogP contribution in [0, 0.1) is 0 Å². The lowest BCUT2D eigenvalue weighted by Crippen LogP contribution is -2.01. The Morgan fingerprint density at radius 2 is 2.15 bits per heavy atom. The highest BCUT2D eigenvalue weighted by atomic mass is 16.5. The summed E-state index contributed by atoms with van der Waals surface area (Å²) in [5.41, 5.74) is 0.964. The van der Waals surface area contributed by atoms with Crippen LogP contribution in [0.5, 0.6) is 0 Å². The monoisotopic (exact) mass is 175 g/mol. The smallest absolute Gasteiger partial charge is 0.418 e. The molecule has 0 saturated heterocycles. The van der Waals surface area contributed by atoms with Gasteiger partial charge in [-0.1, -0.05) is 36.4 Å². The van der Waals surface area contributed by atoms with Gasteiger partial charge in [0.15, 0.2) is 0 Å². The van der Waals surface area contributed by atoms with Crippen LogP contribution in [-0.2, 0) is 9.53 Å². The maximum Gasteiger partial charge on any atom is 0.418 e. The molecule has 0 aliphatic heterocycles. The second kappa shape index (κ2) is 5.14. The minimum absolute atomic E-state index is 0.254. The number of benzene rings is 1. The molecule has 2 nitrogen and oxygen atoms in total. The van der Waals surface area contributed by atoms with Gasteiger partial charge in [0.2, 0.25) is 0 Å². The molecule has 0 N–H and O–H groups in total. The maximum absolute atomic E-state index is 10.1. The Bertz CT molecular complexity index is 257. The molecular weight excluding hydrogens is 164 g/mol. The summed E-state index contributed by atoms with van der Waals surface area (Å²) >= 11 is 0. The molecule has 1 rings (SSSR count). The molecule has 0 fully saturated rings. The number of rotatable bonds is 5. The van der Waals surface area contributed by atoms with E-state index in [-0.39, 0.29) is 6.10 Å². The van der Waals surface area contributed by atoms with E-state index in [0.717, 1.165) is 5.56 Å². The van der Waals surface area contributed by atoms with E-state index in [0.29, 0.717) is 6.42 Å². The first-order valence-electron chi connectivity index (χ1n) is 4.07. The van der Waals surface area contributed by atoms with Crippen molar-refractivity contribution in [2.24, 2.45) is 0 Å². The highest BCUT2D eigenvalue weighted by molar-refractivity contribution is 5.39. The van der Waals surface area contributed by atoms with Gasteiger partial charge in [0.25, 0.3) is 0 Å². The van der Waals surface area contributed by atoms with E-state index in [2.05, 4.69) is 6.58 Å². The molecule has 0 spiro atoms. The van der Waals surface area contributed by atoms with Gasteiger partial charge >= 0.3 is 6.47 Å². The molecule has 0 heterocycles. The highest BCUT2D eigenvalue weighted by Crippen LogP contribution is 2.19. The first-order valence-corrected chi connectivity index (χ1v) is 4.07. The summed E-state index contributed by atoms with van der Waals surface area (Å²) in [6.07, 6.45) is 2.07.